The quantitative estimate of drug-likeness (QED) is 0.246. The lowest BCUT2D eigenvalue weighted by Gasteiger charge is -2.23. The number of ether oxygens (including phenoxy) is 3. The molecule has 0 aliphatic carbocycles. The van der Waals surface area contributed by atoms with Crippen molar-refractivity contribution in [2.75, 3.05) is 19.8 Å². The molecule has 0 saturated heterocycles. The molecule has 0 spiro atoms. The molecule has 0 N–H and O–H groups in total. The summed E-state index contributed by atoms with van der Waals surface area (Å²) in [6, 6.07) is 0. The van der Waals surface area contributed by atoms with Gasteiger partial charge in [0.05, 0.1) is 5.92 Å². The van der Waals surface area contributed by atoms with Gasteiger partial charge in [0.25, 0.3) is 0 Å². The molecule has 15 heteroatoms. The highest BCUT2D eigenvalue weighted by atomic mass is 19.4. The van der Waals surface area contributed by atoms with Crippen molar-refractivity contribution in [2.45, 2.75) is 25.5 Å². The lowest BCUT2D eigenvalue weighted by atomic mass is 9.87. The standard InChI is InChI=1S/C14H13F9O6/c1-6(9(24)27-3-12(15,16)17)8(11(26)29-5-14(21,22)23)7(2)10(25)28-4-13(18,19)20/h7-8H,1,3-5H2,2H3. The molecule has 0 aromatic rings. The third kappa shape index (κ3) is 11.2. The van der Waals surface area contributed by atoms with Crippen LogP contribution in [0.5, 0.6) is 0 Å². The second-order valence-corrected chi connectivity index (χ2v) is 5.43. The number of carbonyl (C=O) groups excluding carboxylic acids is 3. The Bertz CT molecular complexity index is 621. The Kier molecular flexibility index (Phi) is 8.98. The molecule has 0 fully saturated rings. The van der Waals surface area contributed by atoms with Crippen LogP contribution in [0.25, 0.3) is 0 Å². The Morgan fingerprint density at radius 3 is 1.45 bits per heavy atom. The fraction of sp³-hybridized carbons (Fsp3) is 0.643. The molecule has 0 aliphatic rings. The molecular weight excluding hydrogens is 435 g/mol. The normalized spacial score (nSPS) is 14.6. The van der Waals surface area contributed by atoms with Gasteiger partial charge in [-0.2, -0.15) is 39.5 Å². The van der Waals surface area contributed by atoms with Crippen molar-refractivity contribution in [2.24, 2.45) is 11.8 Å². The van der Waals surface area contributed by atoms with Crippen molar-refractivity contribution < 1.29 is 68.1 Å². The van der Waals surface area contributed by atoms with E-state index in [9.17, 15) is 53.9 Å². The Hall–Kier alpha value is -2.48. The Balaban J connectivity index is 5.47. The fourth-order valence-corrected chi connectivity index (χ4v) is 1.68. The molecule has 2 unspecified atom stereocenters. The fourth-order valence-electron chi connectivity index (χ4n) is 1.68. The number of hydrogen-bond acceptors (Lipinski definition) is 6. The van der Waals surface area contributed by atoms with Crippen molar-refractivity contribution in [3.8, 4) is 0 Å². The zero-order valence-electron chi connectivity index (χ0n) is 14.3. The smallest absolute Gasteiger partial charge is 0.422 e. The summed E-state index contributed by atoms with van der Waals surface area (Å²) < 4.78 is 120. The van der Waals surface area contributed by atoms with E-state index in [1.807, 2.05) is 0 Å². The van der Waals surface area contributed by atoms with Gasteiger partial charge in [-0.3, -0.25) is 9.59 Å². The van der Waals surface area contributed by atoms with E-state index in [0.29, 0.717) is 6.92 Å². The number of halogens is 9. The predicted octanol–water partition coefficient (Wildman–Crippen LogP) is 3.11. The van der Waals surface area contributed by atoms with E-state index in [0.717, 1.165) is 0 Å². The highest BCUT2D eigenvalue weighted by Gasteiger charge is 2.42. The summed E-state index contributed by atoms with van der Waals surface area (Å²) in [4.78, 5) is 35.1. The summed E-state index contributed by atoms with van der Waals surface area (Å²) in [5, 5.41) is 0. The minimum absolute atomic E-state index is 0.667. The maximum atomic E-state index is 12.2. The summed E-state index contributed by atoms with van der Waals surface area (Å²) in [6.45, 7) is -2.96. The molecule has 168 valence electrons. The van der Waals surface area contributed by atoms with Crippen LogP contribution in [0.1, 0.15) is 6.92 Å². The van der Waals surface area contributed by atoms with Crippen LogP contribution in [0.2, 0.25) is 0 Å². The van der Waals surface area contributed by atoms with Gasteiger partial charge in [0.15, 0.2) is 19.8 Å². The van der Waals surface area contributed by atoms with Crippen LogP contribution < -0.4 is 0 Å². The van der Waals surface area contributed by atoms with Gasteiger partial charge < -0.3 is 14.2 Å². The van der Waals surface area contributed by atoms with Gasteiger partial charge in [0.1, 0.15) is 5.92 Å². The molecule has 0 radical (unpaired) electrons. The molecule has 0 aromatic heterocycles. The average Bonchev–Trinajstić information content (AvgIpc) is 2.53. The number of rotatable bonds is 8. The number of hydrogen-bond donors (Lipinski definition) is 0. The van der Waals surface area contributed by atoms with E-state index < -0.39 is 73.7 Å². The van der Waals surface area contributed by atoms with Gasteiger partial charge >= 0.3 is 36.4 Å². The molecule has 2 atom stereocenters. The summed E-state index contributed by atoms with van der Waals surface area (Å²) >= 11 is 0. The van der Waals surface area contributed by atoms with Gasteiger partial charge in [0, 0.05) is 5.57 Å². The molecular formula is C14H13F9O6. The van der Waals surface area contributed by atoms with Crippen molar-refractivity contribution >= 4 is 17.9 Å². The van der Waals surface area contributed by atoms with E-state index >= 15 is 0 Å². The van der Waals surface area contributed by atoms with Crippen LogP contribution in [0.15, 0.2) is 12.2 Å². The van der Waals surface area contributed by atoms with Crippen LogP contribution in [0.4, 0.5) is 39.5 Å². The summed E-state index contributed by atoms with van der Waals surface area (Å²) in [5.41, 5.74) is -1.25. The largest absolute Gasteiger partial charge is 0.456 e. The first-order chi connectivity index (χ1) is 12.8. The Labute approximate surface area is 156 Å². The first kappa shape index (κ1) is 26.5. The molecule has 0 amide bonds. The van der Waals surface area contributed by atoms with Crippen molar-refractivity contribution in [3.05, 3.63) is 12.2 Å². The molecule has 0 bridgehead atoms. The Morgan fingerprint density at radius 2 is 1.07 bits per heavy atom. The third-order valence-electron chi connectivity index (χ3n) is 2.89. The van der Waals surface area contributed by atoms with Gasteiger partial charge in [-0.15, -0.1) is 0 Å². The van der Waals surface area contributed by atoms with Crippen molar-refractivity contribution in [1.29, 1.82) is 0 Å². The second kappa shape index (κ2) is 9.82. The maximum absolute atomic E-state index is 12.2. The molecule has 0 saturated carbocycles. The molecule has 6 nitrogen and oxygen atoms in total. The van der Waals surface area contributed by atoms with Crippen LogP contribution in [0.3, 0.4) is 0 Å². The van der Waals surface area contributed by atoms with Gasteiger partial charge in [-0.1, -0.05) is 13.5 Å². The Morgan fingerprint density at radius 1 is 0.724 bits per heavy atom. The van der Waals surface area contributed by atoms with Gasteiger partial charge in [-0.05, 0) is 0 Å². The zero-order valence-corrected chi connectivity index (χ0v) is 14.3. The minimum atomic E-state index is -5.06. The van der Waals surface area contributed by atoms with Crippen LogP contribution in [-0.4, -0.2) is 56.3 Å². The van der Waals surface area contributed by atoms with Crippen molar-refractivity contribution in [1.82, 2.24) is 0 Å². The number of carbonyl (C=O) groups is 3. The number of esters is 3. The first-order valence-corrected chi connectivity index (χ1v) is 7.23. The van der Waals surface area contributed by atoms with Crippen molar-refractivity contribution in [3.63, 3.8) is 0 Å². The zero-order chi connectivity index (χ0) is 23.2. The van der Waals surface area contributed by atoms with Crippen LogP contribution in [0, 0.1) is 11.8 Å². The number of alkyl halides is 9. The topological polar surface area (TPSA) is 78.9 Å². The predicted molar refractivity (Wildman–Crippen MR) is 72.8 cm³/mol. The van der Waals surface area contributed by atoms with E-state index in [1.54, 1.807) is 0 Å². The highest BCUT2D eigenvalue weighted by molar-refractivity contribution is 5.97. The monoisotopic (exact) mass is 448 g/mol. The molecule has 0 aliphatic heterocycles. The molecule has 0 heterocycles. The third-order valence-corrected chi connectivity index (χ3v) is 2.89. The second-order valence-electron chi connectivity index (χ2n) is 5.43. The summed E-state index contributed by atoms with van der Waals surface area (Å²) in [7, 11) is 0. The van der Waals surface area contributed by atoms with Gasteiger partial charge in [-0.25, -0.2) is 4.79 Å². The lowest BCUT2D eigenvalue weighted by molar-refractivity contribution is -0.196. The highest BCUT2D eigenvalue weighted by Crippen LogP contribution is 2.27. The van der Waals surface area contributed by atoms with E-state index in [4.69, 9.17) is 0 Å². The SMILES string of the molecule is C=C(C(=O)OCC(F)(F)F)C(C(=O)OCC(F)(F)F)C(C)C(=O)OCC(F)(F)F. The van der Waals surface area contributed by atoms with E-state index in [2.05, 4.69) is 20.8 Å². The summed E-state index contributed by atoms with van der Waals surface area (Å²) in [5.74, 6) is -10.2. The van der Waals surface area contributed by atoms with E-state index in [-0.39, 0.29) is 0 Å². The average molecular weight is 448 g/mol. The van der Waals surface area contributed by atoms with Gasteiger partial charge in [0.2, 0.25) is 0 Å². The summed E-state index contributed by atoms with van der Waals surface area (Å²) in [6.07, 6.45) is -15.1. The lowest BCUT2D eigenvalue weighted by Crippen LogP contribution is -2.37. The van der Waals surface area contributed by atoms with Crippen LogP contribution in [-0.2, 0) is 28.6 Å². The first-order valence-electron chi connectivity index (χ1n) is 7.23. The maximum Gasteiger partial charge on any atom is 0.422 e. The molecule has 0 aromatic carbocycles. The van der Waals surface area contributed by atoms with E-state index in [1.165, 1.54) is 0 Å². The molecule has 0 rings (SSSR count). The van der Waals surface area contributed by atoms with Crippen LogP contribution >= 0.6 is 0 Å². The molecule has 29 heavy (non-hydrogen) atoms. The minimum Gasteiger partial charge on any atom is -0.456 e.